The summed E-state index contributed by atoms with van der Waals surface area (Å²) in [5, 5.41) is 4.93. The first-order valence-corrected chi connectivity index (χ1v) is 10.0. The van der Waals surface area contributed by atoms with Crippen molar-refractivity contribution in [3.8, 4) is 11.5 Å². The number of benzene rings is 2. The van der Waals surface area contributed by atoms with E-state index in [1.807, 2.05) is 13.0 Å². The first-order valence-electron chi connectivity index (χ1n) is 10.0. The fourth-order valence-electron chi connectivity index (χ4n) is 3.85. The van der Waals surface area contributed by atoms with Gasteiger partial charge < -0.3 is 24.7 Å². The number of H-pyrrole nitrogens is 1. The monoisotopic (exact) mass is 379 g/mol. The molecule has 2 heterocycles. The van der Waals surface area contributed by atoms with Gasteiger partial charge in [-0.3, -0.25) is 0 Å². The van der Waals surface area contributed by atoms with E-state index in [4.69, 9.17) is 9.47 Å². The third-order valence-corrected chi connectivity index (χ3v) is 5.25. The smallest absolute Gasteiger partial charge is 0.120 e. The maximum absolute atomic E-state index is 5.83. The number of likely N-dealkylation sites (N-methyl/N-ethyl adjacent to an activating group) is 1. The van der Waals surface area contributed by atoms with Crippen LogP contribution in [0.3, 0.4) is 0 Å². The molecule has 5 heteroatoms. The van der Waals surface area contributed by atoms with Gasteiger partial charge in [0.2, 0.25) is 0 Å². The van der Waals surface area contributed by atoms with Crippen LogP contribution in [0, 0.1) is 0 Å². The molecule has 3 aromatic rings. The van der Waals surface area contributed by atoms with E-state index in [1.165, 1.54) is 27.7 Å². The van der Waals surface area contributed by atoms with Gasteiger partial charge in [0.25, 0.3) is 0 Å². The fraction of sp³-hybridized carbons (Fsp3) is 0.391. The highest BCUT2D eigenvalue weighted by Crippen LogP contribution is 2.35. The Balaban J connectivity index is 1.58. The van der Waals surface area contributed by atoms with Gasteiger partial charge in [-0.1, -0.05) is 12.1 Å². The number of nitrogens with one attached hydrogen (secondary N) is 2. The molecule has 1 aliphatic heterocycles. The van der Waals surface area contributed by atoms with Crippen LogP contribution in [0.15, 0.2) is 42.5 Å². The Morgan fingerprint density at radius 3 is 2.57 bits per heavy atom. The van der Waals surface area contributed by atoms with E-state index in [2.05, 4.69) is 65.7 Å². The molecule has 1 aliphatic rings. The van der Waals surface area contributed by atoms with Crippen molar-refractivity contribution in [1.29, 1.82) is 0 Å². The number of aromatic nitrogens is 1. The molecule has 4 rings (SSSR count). The Morgan fingerprint density at radius 2 is 1.82 bits per heavy atom. The predicted octanol–water partition coefficient (Wildman–Crippen LogP) is 3.74. The molecule has 0 bridgehead atoms. The average Bonchev–Trinajstić information content (AvgIpc) is 3.07. The van der Waals surface area contributed by atoms with Crippen LogP contribution in [-0.2, 0) is 6.42 Å². The van der Waals surface area contributed by atoms with E-state index in [1.54, 1.807) is 0 Å². The van der Waals surface area contributed by atoms with Crippen molar-refractivity contribution in [1.82, 2.24) is 15.2 Å². The van der Waals surface area contributed by atoms with Crippen molar-refractivity contribution < 1.29 is 9.47 Å². The summed E-state index contributed by atoms with van der Waals surface area (Å²) in [7, 11) is 4.10. The summed E-state index contributed by atoms with van der Waals surface area (Å²) in [4.78, 5) is 5.76. The standard InChI is InChI=1S/C23H29N3O2/c1-4-27-18-9-10-21-20(15-18)19-11-12-24-22(23(19)25-21)16-5-7-17(8-6-16)28-14-13-26(2)3/h5-10,15,22,24-25H,4,11-14H2,1-3H3. The number of aromatic amines is 1. The van der Waals surface area contributed by atoms with Gasteiger partial charge in [-0.15, -0.1) is 0 Å². The number of nitrogens with zero attached hydrogens (tertiary/aromatic N) is 1. The van der Waals surface area contributed by atoms with Crippen molar-refractivity contribution in [2.75, 3.05) is 40.4 Å². The molecular weight excluding hydrogens is 350 g/mol. The fourth-order valence-corrected chi connectivity index (χ4v) is 3.85. The molecule has 0 amide bonds. The molecular formula is C23H29N3O2. The van der Waals surface area contributed by atoms with Gasteiger partial charge >= 0.3 is 0 Å². The zero-order valence-electron chi connectivity index (χ0n) is 16.9. The van der Waals surface area contributed by atoms with Gasteiger partial charge in [0.1, 0.15) is 18.1 Å². The number of ether oxygens (including phenoxy) is 2. The molecule has 2 aromatic carbocycles. The highest BCUT2D eigenvalue weighted by atomic mass is 16.5. The van der Waals surface area contributed by atoms with E-state index in [-0.39, 0.29) is 6.04 Å². The Bertz CT molecular complexity index is 931. The molecule has 1 unspecified atom stereocenters. The van der Waals surface area contributed by atoms with Crippen LogP contribution in [0.1, 0.15) is 29.8 Å². The second-order valence-electron chi connectivity index (χ2n) is 7.52. The third kappa shape index (κ3) is 3.86. The molecule has 0 radical (unpaired) electrons. The lowest BCUT2D eigenvalue weighted by atomic mass is 9.94. The van der Waals surface area contributed by atoms with Crippen LogP contribution in [0.2, 0.25) is 0 Å². The number of hydrogen-bond donors (Lipinski definition) is 2. The first kappa shape index (κ1) is 18.8. The summed E-state index contributed by atoms with van der Waals surface area (Å²) in [5.74, 6) is 1.85. The lowest BCUT2D eigenvalue weighted by Crippen LogP contribution is -2.30. The van der Waals surface area contributed by atoms with Crippen LogP contribution in [0.4, 0.5) is 0 Å². The van der Waals surface area contributed by atoms with E-state index in [0.29, 0.717) is 13.2 Å². The first-order chi connectivity index (χ1) is 13.7. The lowest BCUT2D eigenvalue weighted by Gasteiger charge is -2.25. The highest BCUT2D eigenvalue weighted by molar-refractivity contribution is 5.86. The van der Waals surface area contributed by atoms with E-state index < -0.39 is 0 Å². The van der Waals surface area contributed by atoms with E-state index >= 15 is 0 Å². The van der Waals surface area contributed by atoms with Gasteiger partial charge in [-0.05, 0) is 68.9 Å². The molecule has 0 saturated carbocycles. The second-order valence-corrected chi connectivity index (χ2v) is 7.52. The SMILES string of the molecule is CCOc1ccc2[nH]c3c(c2c1)CCNC3c1ccc(OCCN(C)C)cc1. The zero-order chi connectivity index (χ0) is 19.5. The van der Waals surface area contributed by atoms with Crippen molar-refractivity contribution in [2.45, 2.75) is 19.4 Å². The Labute approximate surface area is 166 Å². The summed E-state index contributed by atoms with van der Waals surface area (Å²) < 4.78 is 11.5. The molecule has 1 atom stereocenters. The van der Waals surface area contributed by atoms with Crippen LogP contribution in [0.5, 0.6) is 11.5 Å². The lowest BCUT2D eigenvalue weighted by molar-refractivity contribution is 0.261. The van der Waals surface area contributed by atoms with Crippen molar-refractivity contribution in [3.05, 3.63) is 59.3 Å². The topological polar surface area (TPSA) is 49.5 Å². The molecule has 0 fully saturated rings. The maximum Gasteiger partial charge on any atom is 0.120 e. The average molecular weight is 380 g/mol. The number of rotatable bonds is 7. The van der Waals surface area contributed by atoms with Crippen LogP contribution < -0.4 is 14.8 Å². The predicted molar refractivity (Wildman–Crippen MR) is 114 cm³/mol. The molecule has 0 saturated heterocycles. The Hall–Kier alpha value is -2.50. The Morgan fingerprint density at radius 1 is 1.04 bits per heavy atom. The van der Waals surface area contributed by atoms with E-state index in [0.717, 1.165) is 31.0 Å². The molecule has 2 N–H and O–H groups in total. The van der Waals surface area contributed by atoms with Crippen LogP contribution in [0.25, 0.3) is 10.9 Å². The third-order valence-electron chi connectivity index (χ3n) is 5.25. The van der Waals surface area contributed by atoms with Crippen molar-refractivity contribution in [2.24, 2.45) is 0 Å². The summed E-state index contributed by atoms with van der Waals surface area (Å²) in [6.45, 7) is 5.27. The summed E-state index contributed by atoms with van der Waals surface area (Å²) in [6, 6.07) is 14.9. The van der Waals surface area contributed by atoms with Gasteiger partial charge in [0, 0.05) is 29.7 Å². The molecule has 148 valence electrons. The summed E-state index contributed by atoms with van der Waals surface area (Å²) in [6.07, 6.45) is 1.02. The molecule has 0 aliphatic carbocycles. The summed E-state index contributed by atoms with van der Waals surface area (Å²) >= 11 is 0. The molecule has 1 aromatic heterocycles. The van der Waals surface area contributed by atoms with Gasteiger partial charge in [0.15, 0.2) is 0 Å². The quantitative estimate of drug-likeness (QED) is 0.657. The largest absolute Gasteiger partial charge is 0.494 e. The van der Waals surface area contributed by atoms with Crippen LogP contribution >= 0.6 is 0 Å². The maximum atomic E-state index is 5.83. The number of fused-ring (bicyclic) bond motifs is 3. The Kier molecular flexibility index (Phi) is 5.55. The van der Waals surface area contributed by atoms with Crippen molar-refractivity contribution in [3.63, 3.8) is 0 Å². The van der Waals surface area contributed by atoms with Gasteiger partial charge in [-0.25, -0.2) is 0 Å². The second kappa shape index (κ2) is 8.25. The summed E-state index contributed by atoms with van der Waals surface area (Å²) in [5.41, 5.74) is 5.08. The molecule has 28 heavy (non-hydrogen) atoms. The minimum absolute atomic E-state index is 0.169. The normalized spacial score (nSPS) is 16.4. The minimum Gasteiger partial charge on any atom is -0.494 e. The highest BCUT2D eigenvalue weighted by Gasteiger charge is 2.25. The van der Waals surface area contributed by atoms with Crippen LogP contribution in [-0.4, -0.2) is 50.3 Å². The van der Waals surface area contributed by atoms with E-state index in [9.17, 15) is 0 Å². The van der Waals surface area contributed by atoms with Crippen molar-refractivity contribution >= 4 is 10.9 Å². The molecule has 5 nitrogen and oxygen atoms in total. The minimum atomic E-state index is 0.169. The van der Waals surface area contributed by atoms with Gasteiger partial charge in [-0.2, -0.15) is 0 Å². The molecule has 0 spiro atoms. The van der Waals surface area contributed by atoms with Gasteiger partial charge in [0.05, 0.1) is 12.6 Å². The number of hydrogen-bond acceptors (Lipinski definition) is 4. The zero-order valence-corrected chi connectivity index (χ0v) is 16.9.